The van der Waals surface area contributed by atoms with Gasteiger partial charge in [-0.05, 0) is 18.6 Å². The fourth-order valence-corrected chi connectivity index (χ4v) is 0.988. The molecule has 4 nitrogen and oxygen atoms in total. The highest BCUT2D eigenvalue weighted by atomic mass is 32.1. The molecule has 0 aromatic rings. The van der Waals surface area contributed by atoms with E-state index in [9.17, 15) is 4.57 Å². The Bertz CT molecular complexity index is 122. The van der Waals surface area contributed by atoms with Gasteiger partial charge in [-0.25, -0.2) is 4.57 Å². The van der Waals surface area contributed by atoms with Crippen molar-refractivity contribution in [1.29, 1.82) is 0 Å². The van der Waals surface area contributed by atoms with Gasteiger partial charge in [0.15, 0.2) is 0 Å². The van der Waals surface area contributed by atoms with E-state index in [1.807, 2.05) is 0 Å². The van der Waals surface area contributed by atoms with Crippen LogP contribution in [0.15, 0.2) is 0 Å². The quantitative estimate of drug-likeness (QED) is 0.337. The number of rotatable bonds is 5. The van der Waals surface area contributed by atoms with Crippen molar-refractivity contribution in [1.82, 2.24) is 0 Å². The molecular weight excluding hydrogens is 175 g/mol. The van der Waals surface area contributed by atoms with Crippen molar-refractivity contribution in [3.05, 3.63) is 0 Å². The molecule has 10 heavy (non-hydrogen) atoms. The van der Waals surface area contributed by atoms with Gasteiger partial charge in [0.25, 0.3) is 0 Å². The number of unbranched alkanes of at least 4 members (excludes halogenated alkanes) is 1. The Kier molecular flexibility index (Phi) is 5.39. The number of phosphoric ester groups is 1. The molecule has 0 aromatic heterocycles. The number of hydrogen-bond donors (Lipinski definition) is 3. The monoisotopic (exact) mass is 186 g/mol. The fraction of sp³-hybridized carbons (Fsp3) is 1.00. The summed E-state index contributed by atoms with van der Waals surface area (Å²) < 4.78 is 14.2. The van der Waals surface area contributed by atoms with Gasteiger partial charge in [-0.1, -0.05) is 0 Å². The molecule has 0 unspecified atom stereocenters. The summed E-state index contributed by atoms with van der Waals surface area (Å²) in [6.45, 7) is 0.102. The molecule has 0 spiro atoms. The lowest BCUT2D eigenvalue weighted by Gasteiger charge is -2.02. The van der Waals surface area contributed by atoms with E-state index < -0.39 is 7.82 Å². The summed E-state index contributed by atoms with van der Waals surface area (Å²) in [5, 5.41) is 0. The molecule has 0 aliphatic rings. The van der Waals surface area contributed by atoms with Crippen molar-refractivity contribution >= 4 is 20.5 Å². The second kappa shape index (κ2) is 5.16. The highest BCUT2D eigenvalue weighted by molar-refractivity contribution is 7.80. The Morgan fingerprint density at radius 3 is 2.40 bits per heavy atom. The normalized spacial score (nSPS) is 11.9. The highest BCUT2D eigenvalue weighted by Gasteiger charge is 2.11. The summed E-state index contributed by atoms with van der Waals surface area (Å²) in [5.41, 5.74) is 0. The first-order valence-corrected chi connectivity index (χ1v) is 5.03. The standard InChI is InChI=1S/C4H11O4PS/c5-9(6,7)8-3-1-2-4-10/h10H,1-4H2,(H2,5,6,7). The predicted octanol–water partition coefficient (Wildman–Crippen LogP) is 0.806. The maximum atomic E-state index is 10.0. The zero-order chi connectivity index (χ0) is 8.04. The molecule has 6 heteroatoms. The third-order valence-corrected chi connectivity index (χ3v) is 1.65. The summed E-state index contributed by atoms with van der Waals surface area (Å²) in [7, 11) is -4.23. The van der Waals surface area contributed by atoms with Crippen LogP contribution in [0.5, 0.6) is 0 Å². The van der Waals surface area contributed by atoms with Gasteiger partial charge in [-0.2, -0.15) is 12.6 Å². The van der Waals surface area contributed by atoms with Gasteiger partial charge in [-0.15, -0.1) is 0 Å². The van der Waals surface area contributed by atoms with E-state index in [0.29, 0.717) is 12.2 Å². The molecule has 0 amide bonds. The Hall–Kier alpha value is 0.460. The SMILES string of the molecule is O=P(O)(O)OCCCCS. The minimum atomic E-state index is -4.23. The Morgan fingerprint density at radius 2 is 2.00 bits per heavy atom. The number of hydrogen-bond acceptors (Lipinski definition) is 3. The van der Waals surface area contributed by atoms with Crippen LogP contribution in [0, 0.1) is 0 Å². The molecule has 0 bridgehead atoms. The van der Waals surface area contributed by atoms with Crippen molar-refractivity contribution in [2.45, 2.75) is 12.8 Å². The molecule has 0 saturated carbocycles. The molecule has 62 valence electrons. The highest BCUT2D eigenvalue weighted by Crippen LogP contribution is 2.35. The first-order valence-electron chi connectivity index (χ1n) is 2.87. The Morgan fingerprint density at radius 1 is 1.40 bits per heavy atom. The topological polar surface area (TPSA) is 66.8 Å². The van der Waals surface area contributed by atoms with Crippen LogP contribution in [-0.4, -0.2) is 22.1 Å². The van der Waals surface area contributed by atoms with Crippen LogP contribution >= 0.6 is 20.5 Å². The van der Waals surface area contributed by atoms with E-state index >= 15 is 0 Å². The Labute approximate surface area is 65.2 Å². The van der Waals surface area contributed by atoms with E-state index in [-0.39, 0.29) is 6.61 Å². The van der Waals surface area contributed by atoms with Crippen molar-refractivity contribution in [3.63, 3.8) is 0 Å². The molecular formula is C4H11O4PS. The van der Waals surface area contributed by atoms with Gasteiger partial charge in [-0.3, -0.25) is 4.52 Å². The van der Waals surface area contributed by atoms with E-state index in [1.54, 1.807) is 0 Å². The minimum absolute atomic E-state index is 0.102. The third kappa shape index (κ3) is 8.46. The summed E-state index contributed by atoms with van der Waals surface area (Å²) in [5.74, 6) is 0.713. The van der Waals surface area contributed by atoms with Crippen LogP contribution in [0.2, 0.25) is 0 Å². The molecule has 0 aliphatic heterocycles. The maximum absolute atomic E-state index is 10.0. The molecule has 0 heterocycles. The van der Waals surface area contributed by atoms with Crippen LogP contribution in [0.3, 0.4) is 0 Å². The molecule has 0 aromatic carbocycles. The second-order valence-electron chi connectivity index (χ2n) is 1.75. The molecule has 0 atom stereocenters. The zero-order valence-electron chi connectivity index (χ0n) is 5.43. The van der Waals surface area contributed by atoms with Gasteiger partial charge >= 0.3 is 7.82 Å². The fourth-order valence-electron chi connectivity index (χ4n) is 0.397. The van der Waals surface area contributed by atoms with E-state index in [1.165, 1.54) is 0 Å². The molecule has 2 N–H and O–H groups in total. The molecule has 0 fully saturated rings. The van der Waals surface area contributed by atoms with Gasteiger partial charge in [0, 0.05) is 0 Å². The smallest absolute Gasteiger partial charge is 0.303 e. The molecule has 0 rings (SSSR count). The van der Waals surface area contributed by atoms with Crippen LogP contribution in [-0.2, 0) is 9.09 Å². The summed E-state index contributed by atoms with van der Waals surface area (Å²) >= 11 is 3.92. The second-order valence-corrected chi connectivity index (χ2v) is 3.44. The first kappa shape index (κ1) is 10.5. The Balaban J connectivity index is 3.13. The van der Waals surface area contributed by atoms with E-state index in [0.717, 1.165) is 6.42 Å². The lowest BCUT2D eigenvalue weighted by Crippen LogP contribution is -1.92. The van der Waals surface area contributed by atoms with Crippen LogP contribution in [0.25, 0.3) is 0 Å². The molecule has 0 radical (unpaired) electrons. The van der Waals surface area contributed by atoms with Crippen LogP contribution in [0.1, 0.15) is 12.8 Å². The predicted molar refractivity (Wildman–Crippen MR) is 41.1 cm³/mol. The zero-order valence-corrected chi connectivity index (χ0v) is 7.22. The molecule has 0 saturated heterocycles. The lowest BCUT2D eigenvalue weighted by atomic mass is 10.4. The van der Waals surface area contributed by atoms with E-state index in [2.05, 4.69) is 17.2 Å². The largest absolute Gasteiger partial charge is 0.469 e. The maximum Gasteiger partial charge on any atom is 0.469 e. The molecule has 0 aliphatic carbocycles. The lowest BCUT2D eigenvalue weighted by molar-refractivity contribution is 0.195. The van der Waals surface area contributed by atoms with Crippen molar-refractivity contribution in [3.8, 4) is 0 Å². The average molecular weight is 186 g/mol. The van der Waals surface area contributed by atoms with Crippen LogP contribution < -0.4 is 0 Å². The van der Waals surface area contributed by atoms with Gasteiger partial charge in [0.2, 0.25) is 0 Å². The van der Waals surface area contributed by atoms with Gasteiger partial charge in [0.05, 0.1) is 6.61 Å². The van der Waals surface area contributed by atoms with Crippen molar-refractivity contribution in [2.24, 2.45) is 0 Å². The first-order chi connectivity index (χ1) is 4.56. The summed E-state index contributed by atoms with van der Waals surface area (Å²) in [4.78, 5) is 16.4. The third-order valence-electron chi connectivity index (χ3n) is 0.812. The average Bonchev–Trinajstić information content (AvgIpc) is 1.78. The van der Waals surface area contributed by atoms with E-state index in [4.69, 9.17) is 9.79 Å². The van der Waals surface area contributed by atoms with Crippen LogP contribution in [0.4, 0.5) is 0 Å². The number of thiol groups is 1. The summed E-state index contributed by atoms with van der Waals surface area (Å²) in [6.07, 6.45) is 1.44. The summed E-state index contributed by atoms with van der Waals surface area (Å²) in [6, 6.07) is 0. The minimum Gasteiger partial charge on any atom is -0.303 e. The van der Waals surface area contributed by atoms with Crippen molar-refractivity contribution < 1.29 is 18.9 Å². The van der Waals surface area contributed by atoms with Gasteiger partial charge < -0.3 is 9.79 Å². The van der Waals surface area contributed by atoms with Crippen molar-refractivity contribution in [2.75, 3.05) is 12.4 Å². The number of phosphoric acid groups is 1. The van der Waals surface area contributed by atoms with Gasteiger partial charge in [0.1, 0.15) is 0 Å².